The van der Waals surface area contributed by atoms with Crippen molar-refractivity contribution in [2.24, 2.45) is 0 Å². The second-order valence-electron chi connectivity index (χ2n) is 7.80. The molecular formula is C24H29ClN2O2. The molecule has 154 valence electrons. The molecule has 29 heavy (non-hydrogen) atoms. The quantitative estimate of drug-likeness (QED) is 0.728. The summed E-state index contributed by atoms with van der Waals surface area (Å²) in [5.74, 6) is 1.81. The fourth-order valence-corrected chi connectivity index (χ4v) is 4.63. The molecule has 0 aromatic heterocycles. The molecule has 4 nitrogen and oxygen atoms in total. The maximum absolute atomic E-state index is 6.30. The van der Waals surface area contributed by atoms with Crippen LogP contribution in [0.15, 0.2) is 48.2 Å². The van der Waals surface area contributed by atoms with Gasteiger partial charge in [0.2, 0.25) is 0 Å². The molecule has 1 aliphatic heterocycles. The summed E-state index contributed by atoms with van der Waals surface area (Å²) in [6.45, 7) is 2.78. The summed E-state index contributed by atoms with van der Waals surface area (Å²) in [6, 6.07) is 12.7. The van der Waals surface area contributed by atoms with E-state index >= 15 is 0 Å². The van der Waals surface area contributed by atoms with Gasteiger partial charge in [-0.2, -0.15) is 0 Å². The van der Waals surface area contributed by atoms with Crippen LogP contribution in [0.1, 0.15) is 36.0 Å². The number of nitrogens with zero attached hydrogens (tertiary/aromatic N) is 1. The van der Waals surface area contributed by atoms with Gasteiger partial charge in [-0.25, -0.2) is 0 Å². The Morgan fingerprint density at radius 2 is 2.03 bits per heavy atom. The topological polar surface area (TPSA) is 33.7 Å². The molecule has 1 N–H and O–H groups in total. The first-order valence-corrected chi connectivity index (χ1v) is 10.7. The van der Waals surface area contributed by atoms with Crippen LogP contribution in [0.4, 0.5) is 0 Å². The Hall–Kier alpha value is -2.17. The van der Waals surface area contributed by atoms with E-state index in [1.54, 1.807) is 14.2 Å². The second kappa shape index (κ2) is 9.10. The maximum atomic E-state index is 6.30. The molecule has 5 heteroatoms. The van der Waals surface area contributed by atoms with Gasteiger partial charge in [-0.15, -0.1) is 0 Å². The molecule has 1 aliphatic carbocycles. The highest BCUT2D eigenvalue weighted by molar-refractivity contribution is 6.31. The summed E-state index contributed by atoms with van der Waals surface area (Å²) in [5, 5.41) is 4.44. The van der Waals surface area contributed by atoms with Crippen LogP contribution in [0.25, 0.3) is 0 Å². The van der Waals surface area contributed by atoms with Crippen LogP contribution in [0, 0.1) is 0 Å². The van der Waals surface area contributed by atoms with Gasteiger partial charge < -0.3 is 14.8 Å². The summed E-state index contributed by atoms with van der Waals surface area (Å²) in [5.41, 5.74) is 5.12. The minimum Gasteiger partial charge on any atom is -0.497 e. The predicted octanol–water partition coefficient (Wildman–Crippen LogP) is 4.94. The third-order valence-electron chi connectivity index (χ3n) is 6.09. The predicted molar refractivity (Wildman–Crippen MR) is 118 cm³/mol. The van der Waals surface area contributed by atoms with Crippen LogP contribution in [0.5, 0.6) is 11.5 Å². The zero-order valence-electron chi connectivity index (χ0n) is 17.2. The van der Waals surface area contributed by atoms with Crippen LogP contribution < -0.4 is 14.8 Å². The number of nitrogens with one attached hydrogen (secondary N) is 1. The van der Waals surface area contributed by atoms with E-state index < -0.39 is 0 Å². The molecule has 1 heterocycles. The molecule has 0 fully saturated rings. The SMILES string of the molecule is COc1cc2c(c(OC)c1)CN(C1CCC=C(NCc3ccccc3Cl)C1)CC2. The minimum absolute atomic E-state index is 0.550. The Bertz CT molecular complexity index is 879. The molecule has 1 unspecified atom stereocenters. The van der Waals surface area contributed by atoms with Crippen molar-refractivity contribution in [1.82, 2.24) is 10.2 Å². The average molecular weight is 413 g/mol. The highest BCUT2D eigenvalue weighted by Gasteiger charge is 2.28. The van der Waals surface area contributed by atoms with Crippen molar-refractivity contribution < 1.29 is 9.47 Å². The van der Waals surface area contributed by atoms with Gasteiger partial charge in [0.05, 0.1) is 14.2 Å². The van der Waals surface area contributed by atoms with Crippen LogP contribution >= 0.6 is 11.6 Å². The number of methoxy groups -OCH3 is 2. The Labute approximate surface area is 178 Å². The van der Waals surface area contributed by atoms with Crippen LogP contribution in [-0.4, -0.2) is 31.7 Å². The van der Waals surface area contributed by atoms with Crippen molar-refractivity contribution in [3.63, 3.8) is 0 Å². The van der Waals surface area contributed by atoms with E-state index in [9.17, 15) is 0 Å². The fraction of sp³-hybridized carbons (Fsp3) is 0.417. The van der Waals surface area contributed by atoms with E-state index in [1.807, 2.05) is 24.3 Å². The van der Waals surface area contributed by atoms with Gasteiger partial charge in [0, 0.05) is 54.4 Å². The Kier molecular flexibility index (Phi) is 6.31. The first-order chi connectivity index (χ1) is 14.2. The van der Waals surface area contributed by atoms with Gasteiger partial charge >= 0.3 is 0 Å². The van der Waals surface area contributed by atoms with Crippen molar-refractivity contribution in [2.75, 3.05) is 20.8 Å². The lowest BCUT2D eigenvalue weighted by Gasteiger charge is -2.38. The number of hydrogen-bond acceptors (Lipinski definition) is 4. The highest BCUT2D eigenvalue weighted by atomic mass is 35.5. The van der Waals surface area contributed by atoms with Crippen molar-refractivity contribution in [3.05, 3.63) is 69.9 Å². The van der Waals surface area contributed by atoms with Gasteiger partial charge in [0.1, 0.15) is 11.5 Å². The van der Waals surface area contributed by atoms with Crippen LogP contribution in [-0.2, 0) is 19.5 Å². The van der Waals surface area contributed by atoms with E-state index in [4.69, 9.17) is 21.1 Å². The normalized spacial score (nSPS) is 19.3. The Morgan fingerprint density at radius 3 is 2.83 bits per heavy atom. The lowest BCUT2D eigenvalue weighted by atomic mass is 9.92. The number of allylic oxidation sites excluding steroid dienone is 1. The Morgan fingerprint density at radius 1 is 1.17 bits per heavy atom. The second-order valence-corrected chi connectivity index (χ2v) is 8.20. The lowest BCUT2D eigenvalue weighted by Crippen LogP contribution is -2.41. The number of rotatable bonds is 6. The Balaban J connectivity index is 1.41. The first-order valence-electron chi connectivity index (χ1n) is 10.3. The molecule has 0 saturated heterocycles. The lowest BCUT2D eigenvalue weighted by molar-refractivity contribution is 0.160. The van der Waals surface area contributed by atoms with E-state index in [2.05, 4.69) is 28.4 Å². The van der Waals surface area contributed by atoms with Gasteiger partial charge in [-0.3, -0.25) is 4.90 Å². The molecule has 1 atom stereocenters. The largest absolute Gasteiger partial charge is 0.497 e. The summed E-state index contributed by atoms with van der Waals surface area (Å²) in [6.07, 6.45) is 6.74. The summed E-state index contributed by atoms with van der Waals surface area (Å²) >= 11 is 6.30. The highest BCUT2D eigenvalue weighted by Crippen LogP contribution is 2.35. The monoisotopic (exact) mass is 412 g/mol. The maximum Gasteiger partial charge on any atom is 0.127 e. The molecule has 2 aromatic carbocycles. The number of ether oxygens (including phenoxy) is 2. The number of benzene rings is 2. The molecule has 2 aromatic rings. The average Bonchev–Trinajstić information content (AvgIpc) is 2.77. The van der Waals surface area contributed by atoms with E-state index in [0.29, 0.717) is 6.04 Å². The molecule has 4 rings (SSSR count). The van der Waals surface area contributed by atoms with Crippen molar-refractivity contribution in [3.8, 4) is 11.5 Å². The van der Waals surface area contributed by atoms with Gasteiger partial charge in [0.25, 0.3) is 0 Å². The van der Waals surface area contributed by atoms with E-state index in [1.165, 1.54) is 23.2 Å². The van der Waals surface area contributed by atoms with Crippen molar-refractivity contribution in [2.45, 2.75) is 44.8 Å². The summed E-state index contributed by atoms with van der Waals surface area (Å²) in [4.78, 5) is 2.61. The van der Waals surface area contributed by atoms with E-state index in [0.717, 1.165) is 61.0 Å². The minimum atomic E-state index is 0.550. The van der Waals surface area contributed by atoms with Gasteiger partial charge in [-0.1, -0.05) is 35.9 Å². The number of hydrogen-bond donors (Lipinski definition) is 1. The zero-order chi connectivity index (χ0) is 20.2. The molecule has 0 saturated carbocycles. The number of halogens is 1. The third kappa shape index (κ3) is 4.54. The number of fused-ring (bicyclic) bond motifs is 1. The molecule has 0 bridgehead atoms. The van der Waals surface area contributed by atoms with Crippen LogP contribution in [0.3, 0.4) is 0 Å². The first kappa shape index (κ1) is 20.1. The fourth-order valence-electron chi connectivity index (χ4n) is 4.43. The molecular weight excluding hydrogens is 384 g/mol. The van der Waals surface area contributed by atoms with E-state index in [-0.39, 0.29) is 0 Å². The molecule has 0 amide bonds. The summed E-state index contributed by atoms with van der Waals surface area (Å²) < 4.78 is 11.1. The summed E-state index contributed by atoms with van der Waals surface area (Å²) in [7, 11) is 3.45. The van der Waals surface area contributed by atoms with Crippen molar-refractivity contribution in [1.29, 1.82) is 0 Å². The van der Waals surface area contributed by atoms with Gasteiger partial charge in [-0.05, 0) is 42.5 Å². The molecule has 0 radical (unpaired) electrons. The zero-order valence-corrected chi connectivity index (χ0v) is 18.0. The molecule has 2 aliphatic rings. The van der Waals surface area contributed by atoms with Gasteiger partial charge in [0.15, 0.2) is 0 Å². The smallest absolute Gasteiger partial charge is 0.127 e. The van der Waals surface area contributed by atoms with Crippen LogP contribution in [0.2, 0.25) is 5.02 Å². The standard InChI is InChI=1S/C24H29ClN2O2/c1-28-21-12-17-10-11-27(16-22(17)24(14-21)29-2)20-8-5-7-19(13-20)26-15-18-6-3-4-9-23(18)25/h3-4,6-7,9,12,14,20,26H,5,8,10-11,13,15-16H2,1-2H3. The molecule has 0 spiro atoms. The van der Waals surface area contributed by atoms with Crippen molar-refractivity contribution >= 4 is 11.6 Å². The third-order valence-corrected chi connectivity index (χ3v) is 6.46.